The van der Waals surface area contributed by atoms with Crippen LogP contribution in [0, 0.1) is 0 Å². The van der Waals surface area contributed by atoms with Crippen LogP contribution in [0.4, 0.5) is 5.69 Å². The molecule has 0 aliphatic rings. The second-order valence-electron chi connectivity index (χ2n) is 7.90. The summed E-state index contributed by atoms with van der Waals surface area (Å²) in [5, 5.41) is 9.69. The van der Waals surface area contributed by atoms with Crippen LogP contribution in [-0.2, 0) is 6.61 Å². The van der Waals surface area contributed by atoms with Gasteiger partial charge in [0.15, 0.2) is 0 Å². The zero-order valence-corrected chi connectivity index (χ0v) is 19.9. The van der Waals surface area contributed by atoms with E-state index >= 15 is 0 Å². The minimum atomic E-state index is -0.426. The summed E-state index contributed by atoms with van der Waals surface area (Å²) in [6.45, 7) is 0.489. The normalized spacial score (nSPS) is 11.0. The summed E-state index contributed by atoms with van der Waals surface area (Å²) in [4.78, 5) is 28.9. The number of amides is 2. The Balaban J connectivity index is 1.23. The van der Waals surface area contributed by atoms with Gasteiger partial charge in [0.2, 0.25) is 0 Å². The Morgan fingerprint density at radius 3 is 2.61 bits per heavy atom. The molecule has 0 atom stereocenters. The number of hydrogen-bond acceptors (Lipinski definition) is 5. The number of fused-ring (bicyclic) bond motifs is 1. The number of thiophene rings is 1. The fourth-order valence-electron chi connectivity index (χ4n) is 3.67. The zero-order valence-electron chi connectivity index (χ0n) is 19.1. The Labute approximate surface area is 211 Å². The highest BCUT2D eigenvalue weighted by Crippen LogP contribution is 2.23. The first-order valence-corrected chi connectivity index (χ1v) is 12.1. The smallest absolute Gasteiger partial charge is 0.273 e. The molecule has 36 heavy (non-hydrogen) atoms. The van der Waals surface area contributed by atoms with Gasteiger partial charge in [-0.15, -0.1) is 11.3 Å². The van der Waals surface area contributed by atoms with E-state index in [0.29, 0.717) is 22.7 Å². The number of nitrogens with zero attached hydrogens (tertiary/aromatic N) is 1. The fourth-order valence-corrected chi connectivity index (χ4v) is 4.29. The number of nitrogens with one attached hydrogen (secondary N) is 3. The molecule has 7 nitrogen and oxygen atoms in total. The van der Waals surface area contributed by atoms with Crippen LogP contribution in [0.25, 0.3) is 10.9 Å². The van der Waals surface area contributed by atoms with E-state index in [9.17, 15) is 9.59 Å². The summed E-state index contributed by atoms with van der Waals surface area (Å²) in [6.07, 6.45) is 3.39. The van der Waals surface area contributed by atoms with E-state index in [1.807, 2.05) is 60.1 Å². The molecule has 178 valence electrons. The largest absolute Gasteiger partial charge is 0.489 e. The van der Waals surface area contributed by atoms with Gasteiger partial charge in [0, 0.05) is 28.7 Å². The number of H-pyrrole nitrogens is 1. The van der Waals surface area contributed by atoms with Gasteiger partial charge < -0.3 is 15.0 Å². The average molecular weight is 495 g/mol. The predicted molar refractivity (Wildman–Crippen MR) is 143 cm³/mol. The maximum Gasteiger partial charge on any atom is 0.273 e. The molecule has 0 fully saturated rings. The second-order valence-corrected chi connectivity index (χ2v) is 8.85. The van der Waals surface area contributed by atoms with Crippen LogP contribution >= 0.6 is 11.3 Å². The summed E-state index contributed by atoms with van der Waals surface area (Å²) >= 11 is 1.33. The second kappa shape index (κ2) is 10.7. The predicted octanol–water partition coefficient (Wildman–Crippen LogP) is 5.82. The van der Waals surface area contributed by atoms with Gasteiger partial charge >= 0.3 is 0 Å². The average Bonchev–Trinajstić information content (AvgIpc) is 3.59. The molecule has 3 aromatic carbocycles. The van der Waals surface area contributed by atoms with E-state index in [1.165, 1.54) is 11.3 Å². The van der Waals surface area contributed by atoms with Crippen molar-refractivity contribution in [3.8, 4) is 5.75 Å². The molecule has 0 saturated carbocycles. The van der Waals surface area contributed by atoms with Gasteiger partial charge in [-0.25, -0.2) is 5.43 Å². The van der Waals surface area contributed by atoms with Gasteiger partial charge in [-0.1, -0.05) is 48.5 Å². The monoisotopic (exact) mass is 494 g/mol. The maximum atomic E-state index is 12.8. The van der Waals surface area contributed by atoms with Crippen molar-refractivity contribution >= 4 is 46.0 Å². The van der Waals surface area contributed by atoms with Crippen molar-refractivity contribution in [3.63, 3.8) is 0 Å². The summed E-state index contributed by atoms with van der Waals surface area (Å²) in [5.74, 6) is 0.0654. The Hall–Kier alpha value is -4.69. The molecule has 2 heterocycles. The van der Waals surface area contributed by atoms with Gasteiger partial charge in [0.1, 0.15) is 12.4 Å². The number of hydrogen-bond donors (Lipinski definition) is 3. The molecule has 3 N–H and O–H groups in total. The molecule has 0 unspecified atom stereocenters. The summed E-state index contributed by atoms with van der Waals surface area (Å²) in [5.41, 5.74) is 6.09. The van der Waals surface area contributed by atoms with Gasteiger partial charge in [-0.05, 0) is 41.3 Å². The molecule has 0 spiro atoms. The zero-order chi connectivity index (χ0) is 24.7. The fraction of sp³-hybridized carbons (Fsp3) is 0.0357. The lowest BCUT2D eigenvalue weighted by atomic mass is 10.1. The van der Waals surface area contributed by atoms with E-state index in [-0.39, 0.29) is 5.91 Å². The SMILES string of the molecule is O=C(Nc1ccccc1C(=O)NN=Cc1c[nH]c2cc(OCc3ccccc3)ccc12)c1cccs1. The lowest BCUT2D eigenvalue weighted by Gasteiger charge is -2.09. The Morgan fingerprint density at radius 2 is 1.78 bits per heavy atom. The molecule has 0 saturated heterocycles. The number of aromatic amines is 1. The third kappa shape index (κ3) is 5.34. The first-order chi connectivity index (χ1) is 17.7. The number of aromatic nitrogens is 1. The minimum Gasteiger partial charge on any atom is -0.489 e. The first kappa shape index (κ1) is 23.1. The summed E-state index contributed by atoms with van der Waals surface area (Å²) < 4.78 is 5.89. The van der Waals surface area contributed by atoms with Gasteiger partial charge in [0.25, 0.3) is 11.8 Å². The minimum absolute atomic E-state index is 0.264. The highest BCUT2D eigenvalue weighted by atomic mass is 32.1. The maximum absolute atomic E-state index is 12.8. The molecule has 0 aliphatic carbocycles. The molecule has 2 aromatic heterocycles. The van der Waals surface area contributed by atoms with Crippen LogP contribution in [-0.4, -0.2) is 23.0 Å². The van der Waals surface area contributed by atoms with Crippen molar-refractivity contribution in [1.29, 1.82) is 0 Å². The summed E-state index contributed by atoms with van der Waals surface area (Å²) in [6, 6.07) is 26.1. The molecule has 8 heteroatoms. The van der Waals surface area contributed by atoms with E-state index in [0.717, 1.165) is 27.8 Å². The van der Waals surface area contributed by atoms with Crippen molar-refractivity contribution in [3.05, 3.63) is 118 Å². The Kier molecular flexibility index (Phi) is 6.86. The molecule has 0 aliphatic heterocycles. The quantitative estimate of drug-likeness (QED) is 0.187. The molecular formula is C28H22N4O3S. The number of anilines is 1. The van der Waals surface area contributed by atoms with Crippen LogP contribution in [0.15, 0.2) is 102 Å². The number of carbonyl (C=O) groups excluding carboxylic acids is 2. The topological polar surface area (TPSA) is 95.6 Å². The number of carbonyl (C=O) groups is 2. The van der Waals surface area contributed by atoms with Gasteiger partial charge in [-0.3, -0.25) is 9.59 Å². The number of para-hydroxylation sites is 1. The van der Waals surface area contributed by atoms with Crippen LogP contribution < -0.4 is 15.5 Å². The number of hydrazone groups is 1. The number of benzene rings is 3. The lowest BCUT2D eigenvalue weighted by molar-refractivity contribution is 0.0956. The third-order valence-corrected chi connectivity index (χ3v) is 6.34. The van der Waals surface area contributed by atoms with Gasteiger partial charge in [0.05, 0.1) is 22.3 Å². The highest BCUT2D eigenvalue weighted by molar-refractivity contribution is 7.12. The first-order valence-electron chi connectivity index (χ1n) is 11.2. The van der Waals surface area contributed by atoms with Crippen molar-refractivity contribution in [2.45, 2.75) is 6.61 Å². The van der Waals surface area contributed by atoms with Crippen molar-refractivity contribution in [2.75, 3.05) is 5.32 Å². The molecule has 5 aromatic rings. The molecule has 0 bridgehead atoms. The van der Waals surface area contributed by atoms with Gasteiger partial charge in [-0.2, -0.15) is 5.10 Å². The van der Waals surface area contributed by atoms with E-state index in [4.69, 9.17) is 4.74 Å². The van der Waals surface area contributed by atoms with Crippen molar-refractivity contribution < 1.29 is 14.3 Å². The van der Waals surface area contributed by atoms with Crippen molar-refractivity contribution in [1.82, 2.24) is 10.4 Å². The van der Waals surface area contributed by atoms with E-state index < -0.39 is 5.91 Å². The van der Waals surface area contributed by atoms with Crippen LogP contribution in [0.3, 0.4) is 0 Å². The van der Waals surface area contributed by atoms with E-state index in [1.54, 1.807) is 42.6 Å². The van der Waals surface area contributed by atoms with Crippen LogP contribution in [0.5, 0.6) is 5.75 Å². The third-order valence-electron chi connectivity index (χ3n) is 5.47. The standard InChI is InChI=1S/C28H22N4O3S/c33-27(23-9-4-5-10-24(23)31-28(34)26-11-6-14-36-26)32-30-17-20-16-29-25-15-21(12-13-22(20)25)35-18-19-7-2-1-3-8-19/h1-17,29H,18H2,(H,31,34)(H,32,33). The highest BCUT2D eigenvalue weighted by Gasteiger charge is 2.14. The van der Waals surface area contributed by atoms with Crippen molar-refractivity contribution in [2.24, 2.45) is 5.10 Å². The number of ether oxygens (including phenoxy) is 1. The molecule has 2 amide bonds. The molecule has 0 radical (unpaired) electrons. The van der Waals surface area contributed by atoms with E-state index in [2.05, 4.69) is 20.8 Å². The molecule has 5 rings (SSSR count). The van der Waals surface area contributed by atoms with Crippen LogP contribution in [0.1, 0.15) is 31.2 Å². The number of rotatable bonds is 8. The van der Waals surface area contributed by atoms with Crippen LogP contribution in [0.2, 0.25) is 0 Å². The Morgan fingerprint density at radius 1 is 0.944 bits per heavy atom. The molecular weight excluding hydrogens is 472 g/mol. The Bertz CT molecular complexity index is 1530. The summed E-state index contributed by atoms with van der Waals surface area (Å²) in [7, 11) is 0. The lowest BCUT2D eigenvalue weighted by Crippen LogP contribution is -2.21.